The molecule has 1 rings (SSSR count). The summed E-state index contributed by atoms with van der Waals surface area (Å²) >= 11 is 0. The second-order valence-corrected chi connectivity index (χ2v) is 7.11. The number of carbonyl (C=O) groups excluding carboxylic acids is 2. The first kappa shape index (κ1) is 16.9. The van der Waals surface area contributed by atoms with Gasteiger partial charge >= 0.3 is 0 Å². The van der Waals surface area contributed by atoms with Crippen LogP contribution in [0.15, 0.2) is 0 Å². The van der Waals surface area contributed by atoms with Crippen LogP contribution in [0.3, 0.4) is 0 Å². The van der Waals surface area contributed by atoms with Gasteiger partial charge < -0.3 is 10.6 Å². The average molecular weight is 305 g/mol. The summed E-state index contributed by atoms with van der Waals surface area (Å²) in [7, 11) is -3.15. The predicted molar refractivity (Wildman–Crippen MR) is 75.5 cm³/mol. The minimum atomic E-state index is -3.15. The summed E-state index contributed by atoms with van der Waals surface area (Å²) in [6.07, 6.45) is 1.09. The zero-order valence-corrected chi connectivity index (χ0v) is 12.8. The third kappa shape index (κ3) is 5.09. The van der Waals surface area contributed by atoms with E-state index in [0.717, 1.165) is 0 Å². The summed E-state index contributed by atoms with van der Waals surface area (Å²) in [5, 5.41) is 5.35. The van der Waals surface area contributed by atoms with Crippen LogP contribution in [0.4, 0.5) is 0 Å². The first-order valence-electron chi connectivity index (χ1n) is 6.86. The van der Waals surface area contributed by atoms with Crippen molar-refractivity contribution in [2.24, 2.45) is 5.92 Å². The van der Waals surface area contributed by atoms with Gasteiger partial charge in [0.25, 0.3) is 0 Å². The van der Waals surface area contributed by atoms with Crippen LogP contribution in [0.1, 0.15) is 26.7 Å². The van der Waals surface area contributed by atoms with E-state index in [1.54, 1.807) is 6.92 Å². The molecule has 0 unspecified atom stereocenters. The minimum Gasteiger partial charge on any atom is -0.355 e. The fraction of sp³-hybridized carbons (Fsp3) is 0.833. The molecule has 0 aromatic heterocycles. The Bertz CT molecular complexity index is 442. The normalized spacial score (nSPS) is 17.7. The van der Waals surface area contributed by atoms with Crippen molar-refractivity contribution in [1.82, 2.24) is 14.9 Å². The topological polar surface area (TPSA) is 95.6 Å². The predicted octanol–water partition coefficient (Wildman–Crippen LogP) is -0.700. The number of rotatable bonds is 6. The van der Waals surface area contributed by atoms with Crippen LogP contribution in [0.2, 0.25) is 0 Å². The maximum absolute atomic E-state index is 11.9. The first-order chi connectivity index (χ1) is 9.36. The van der Waals surface area contributed by atoms with Crippen molar-refractivity contribution in [3.05, 3.63) is 0 Å². The van der Waals surface area contributed by atoms with Gasteiger partial charge in [0.2, 0.25) is 21.8 Å². The smallest absolute Gasteiger partial charge is 0.223 e. The summed E-state index contributed by atoms with van der Waals surface area (Å²) in [5.74, 6) is -0.238. The van der Waals surface area contributed by atoms with Gasteiger partial charge in [-0.25, -0.2) is 12.7 Å². The SMILES string of the molecule is CCS(=O)(=O)N1CCC(C(=O)NCCNC(C)=O)CC1. The van der Waals surface area contributed by atoms with Crippen LogP contribution in [-0.4, -0.2) is 56.5 Å². The van der Waals surface area contributed by atoms with Gasteiger partial charge in [0.1, 0.15) is 0 Å². The van der Waals surface area contributed by atoms with E-state index >= 15 is 0 Å². The number of nitrogens with zero attached hydrogens (tertiary/aromatic N) is 1. The van der Waals surface area contributed by atoms with Crippen LogP contribution in [0.5, 0.6) is 0 Å². The molecule has 0 bridgehead atoms. The highest BCUT2D eigenvalue weighted by molar-refractivity contribution is 7.89. The molecule has 0 atom stereocenters. The molecule has 2 amide bonds. The molecule has 0 aromatic carbocycles. The molecule has 8 heteroatoms. The number of nitrogens with one attached hydrogen (secondary N) is 2. The van der Waals surface area contributed by atoms with E-state index in [9.17, 15) is 18.0 Å². The molecule has 7 nitrogen and oxygen atoms in total. The Balaban J connectivity index is 2.31. The summed E-state index contributed by atoms with van der Waals surface area (Å²) in [5.41, 5.74) is 0. The summed E-state index contributed by atoms with van der Waals surface area (Å²) in [6.45, 7) is 4.65. The maximum Gasteiger partial charge on any atom is 0.223 e. The van der Waals surface area contributed by atoms with E-state index in [4.69, 9.17) is 0 Å². The standard InChI is InChI=1S/C12H23N3O4S/c1-3-20(18,19)15-8-4-11(5-9-15)12(17)14-7-6-13-10(2)16/h11H,3-9H2,1-2H3,(H,13,16)(H,14,17). The highest BCUT2D eigenvalue weighted by atomic mass is 32.2. The minimum absolute atomic E-state index is 0.0658. The molecule has 0 aromatic rings. The van der Waals surface area contributed by atoms with Crippen LogP contribution in [0.25, 0.3) is 0 Å². The van der Waals surface area contributed by atoms with Crippen molar-refractivity contribution in [2.45, 2.75) is 26.7 Å². The molecule has 1 saturated heterocycles. The highest BCUT2D eigenvalue weighted by Gasteiger charge is 2.29. The summed E-state index contributed by atoms with van der Waals surface area (Å²) in [4.78, 5) is 22.5. The quantitative estimate of drug-likeness (QED) is 0.634. The molecular weight excluding hydrogens is 282 g/mol. The molecule has 2 N–H and O–H groups in total. The second-order valence-electron chi connectivity index (χ2n) is 4.85. The lowest BCUT2D eigenvalue weighted by molar-refractivity contribution is -0.126. The van der Waals surface area contributed by atoms with Gasteiger partial charge in [0.15, 0.2) is 0 Å². The van der Waals surface area contributed by atoms with Gasteiger partial charge in [-0.2, -0.15) is 0 Å². The Morgan fingerprint density at radius 2 is 1.70 bits per heavy atom. The van der Waals surface area contributed by atoms with Gasteiger partial charge in [-0.1, -0.05) is 0 Å². The van der Waals surface area contributed by atoms with Gasteiger partial charge in [0, 0.05) is 39.0 Å². The zero-order valence-electron chi connectivity index (χ0n) is 12.0. The van der Waals surface area contributed by atoms with E-state index in [2.05, 4.69) is 10.6 Å². The Labute approximate surface area is 120 Å². The lowest BCUT2D eigenvalue weighted by Crippen LogP contribution is -2.44. The van der Waals surface area contributed by atoms with Crippen molar-refractivity contribution in [3.63, 3.8) is 0 Å². The molecular formula is C12H23N3O4S. The number of piperidine rings is 1. The number of sulfonamides is 1. The molecule has 1 aliphatic heterocycles. The van der Waals surface area contributed by atoms with E-state index in [1.165, 1.54) is 11.2 Å². The van der Waals surface area contributed by atoms with Crippen LogP contribution in [-0.2, 0) is 19.6 Å². The molecule has 1 aliphatic rings. The first-order valence-corrected chi connectivity index (χ1v) is 8.47. The lowest BCUT2D eigenvalue weighted by atomic mass is 9.97. The van der Waals surface area contributed by atoms with Crippen molar-refractivity contribution in [3.8, 4) is 0 Å². The lowest BCUT2D eigenvalue weighted by Gasteiger charge is -2.30. The van der Waals surface area contributed by atoms with Crippen molar-refractivity contribution < 1.29 is 18.0 Å². The van der Waals surface area contributed by atoms with E-state index < -0.39 is 10.0 Å². The summed E-state index contributed by atoms with van der Waals surface area (Å²) in [6, 6.07) is 0. The van der Waals surface area contributed by atoms with Crippen molar-refractivity contribution in [1.29, 1.82) is 0 Å². The average Bonchev–Trinajstić information content (AvgIpc) is 2.43. The fourth-order valence-corrected chi connectivity index (χ4v) is 3.28. The maximum atomic E-state index is 11.9. The molecule has 0 aliphatic carbocycles. The molecule has 0 radical (unpaired) electrons. The third-order valence-electron chi connectivity index (χ3n) is 3.38. The Kier molecular flexibility index (Phi) is 6.41. The monoisotopic (exact) mass is 305 g/mol. The molecule has 0 saturated carbocycles. The van der Waals surface area contributed by atoms with Gasteiger partial charge in [-0.05, 0) is 19.8 Å². The number of hydrogen-bond donors (Lipinski definition) is 2. The second kappa shape index (κ2) is 7.58. The van der Waals surface area contributed by atoms with E-state index in [0.29, 0.717) is 39.0 Å². The Morgan fingerprint density at radius 3 is 2.20 bits per heavy atom. The Hall–Kier alpha value is -1.15. The molecule has 1 fully saturated rings. The number of hydrogen-bond acceptors (Lipinski definition) is 4. The van der Waals surface area contributed by atoms with Gasteiger partial charge in [0.05, 0.1) is 5.75 Å². The highest BCUT2D eigenvalue weighted by Crippen LogP contribution is 2.19. The fourth-order valence-electron chi connectivity index (χ4n) is 2.15. The number of amides is 2. The van der Waals surface area contributed by atoms with Crippen LogP contribution < -0.4 is 10.6 Å². The molecule has 20 heavy (non-hydrogen) atoms. The number of carbonyl (C=O) groups is 2. The van der Waals surface area contributed by atoms with Crippen molar-refractivity contribution >= 4 is 21.8 Å². The van der Waals surface area contributed by atoms with Gasteiger partial charge in [-0.3, -0.25) is 9.59 Å². The van der Waals surface area contributed by atoms with Crippen molar-refractivity contribution in [2.75, 3.05) is 31.9 Å². The molecule has 0 spiro atoms. The largest absolute Gasteiger partial charge is 0.355 e. The Morgan fingerprint density at radius 1 is 1.15 bits per heavy atom. The van der Waals surface area contributed by atoms with Crippen LogP contribution in [0, 0.1) is 5.92 Å². The third-order valence-corrected chi connectivity index (χ3v) is 5.26. The summed E-state index contributed by atoms with van der Waals surface area (Å²) < 4.78 is 24.8. The molecule has 116 valence electrons. The zero-order chi connectivity index (χ0) is 15.2. The van der Waals surface area contributed by atoms with Gasteiger partial charge in [-0.15, -0.1) is 0 Å². The molecule has 1 heterocycles. The van der Waals surface area contributed by atoms with E-state index in [1.807, 2.05) is 0 Å². The van der Waals surface area contributed by atoms with E-state index in [-0.39, 0.29) is 23.5 Å². The van der Waals surface area contributed by atoms with Crippen LogP contribution >= 0.6 is 0 Å².